The summed E-state index contributed by atoms with van der Waals surface area (Å²) in [5.74, 6) is 0.592. The van der Waals surface area contributed by atoms with Gasteiger partial charge in [-0.05, 0) is 30.4 Å². The van der Waals surface area contributed by atoms with Crippen LogP contribution in [0, 0.1) is 0 Å². The Balaban J connectivity index is 2.67. The zero-order chi connectivity index (χ0) is 13.7. The third-order valence-corrected chi connectivity index (χ3v) is 4.17. The Morgan fingerprint density at radius 3 is 2.11 bits per heavy atom. The fraction of sp³-hybridized carbons (Fsp3) is 0.533. The molecule has 1 aromatic rings. The van der Waals surface area contributed by atoms with Gasteiger partial charge in [0.15, 0.2) is 0 Å². The summed E-state index contributed by atoms with van der Waals surface area (Å²) in [5.41, 5.74) is 2.47. The highest BCUT2D eigenvalue weighted by Gasteiger charge is 2.15. The molecule has 2 nitrogen and oxygen atoms in total. The molecule has 2 atom stereocenters. The van der Waals surface area contributed by atoms with Crippen molar-refractivity contribution in [3.8, 4) is 0 Å². The molecule has 0 spiro atoms. The van der Waals surface area contributed by atoms with Gasteiger partial charge in [-0.3, -0.25) is 4.79 Å². The van der Waals surface area contributed by atoms with Crippen molar-refractivity contribution in [2.75, 3.05) is 0 Å². The van der Waals surface area contributed by atoms with Crippen LogP contribution < -0.4 is 5.32 Å². The number of benzene rings is 1. The molecule has 0 radical (unpaired) electrons. The minimum Gasteiger partial charge on any atom is -0.349 e. The van der Waals surface area contributed by atoms with Gasteiger partial charge >= 0.3 is 0 Å². The maximum atomic E-state index is 11.8. The van der Waals surface area contributed by atoms with Gasteiger partial charge in [-0.2, -0.15) is 0 Å². The molecule has 0 aliphatic carbocycles. The Bertz CT molecular complexity index is 386. The van der Waals surface area contributed by atoms with E-state index in [1.807, 2.05) is 13.8 Å². The van der Waals surface area contributed by atoms with Crippen molar-refractivity contribution in [2.45, 2.75) is 50.9 Å². The summed E-state index contributed by atoms with van der Waals surface area (Å²) in [6.45, 7) is 8.35. The van der Waals surface area contributed by atoms with Gasteiger partial charge in [0.05, 0.1) is 10.9 Å². The highest BCUT2D eigenvalue weighted by molar-refractivity contribution is 9.10. The number of hydrogen-bond acceptors (Lipinski definition) is 1. The van der Waals surface area contributed by atoms with Crippen LogP contribution in [0.25, 0.3) is 0 Å². The SMILES string of the molecule is CCC(Br)C(=O)NC(C)c1ccc(C(C)C)cc1. The quantitative estimate of drug-likeness (QED) is 0.813. The van der Waals surface area contributed by atoms with E-state index in [0.29, 0.717) is 5.92 Å². The van der Waals surface area contributed by atoms with E-state index in [4.69, 9.17) is 0 Å². The first kappa shape index (κ1) is 15.2. The van der Waals surface area contributed by atoms with Gasteiger partial charge in [-0.1, -0.05) is 61.0 Å². The van der Waals surface area contributed by atoms with Crippen LogP contribution in [-0.2, 0) is 4.79 Å². The number of rotatable bonds is 5. The summed E-state index contributed by atoms with van der Waals surface area (Å²) in [6, 6.07) is 8.50. The van der Waals surface area contributed by atoms with Crippen LogP contribution in [-0.4, -0.2) is 10.7 Å². The van der Waals surface area contributed by atoms with Crippen LogP contribution >= 0.6 is 15.9 Å². The van der Waals surface area contributed by atoms with Gasteiger partial charge in [-0.25, -0.2) is 0 Å². The lowest BCUT2D eigenvalue weighted by Gasteiger charge is -2.17. The van der Waals surface area contributed by atoms with E-state index in [0.717, 1.165) is 12.0 Å². The first-order chi connectivity index (χ1) is 8.45. The molecule has 0 aliphatic heterocycles. The van der Waals surface area contributed by atoms with Crippen molar-refractivity contribution in [3.05, 3.63) is 35.4 Å². The lowest BCUT2D eigenvalue weighted by Crippen LogP contribution is -2.32. The van der Waals surface area contributed by atoms with Gasteiger partial charge in [0, 0.05) is 0 Å². The smallest absolute Gasteiger partial charge is 0.234 e. The molecule has 1 amide bonds. The largest absolute Gasteiger partial charge is 0.349 e. The van der Waals surface area contributed by atoms with E-state index in [1.54, 1.807) is 0 Å². The number of alkyl halides is 1. The van der Waals surface area contributed by atoms with Crippen molar-refractivity contribution < 1.29 is 4.79 Å². The Hall–Kier alpha value is -0.830. The monoisotopic (exact) mass is 311 g/mol. The second-order valence-corrected chi connectivity index (χ2v) is 6.03. The molecule has 0 bridgehead atoms. The van der Waals surface area contributed by atoms with Gasteiger partial charge in [0.1, 0.15) is 0 Å². The van der Waals surface area contributed by atoms with Crippen LogP contribution in [0.5, 0.6) is 0 Å². The number of carbonyl (C=O) groups is 1. The number of amides is 1. The van der Waals surface area contributed by atoms with Crippen molar-refractivity contribution in [1.29, 1.82) is 0 Å². The summed E-state index contributed by atoms with van der Waals surface area (Å²) in [5, 5.41) is 3.01. The molecule has 1 rings (SSSR count). The average molecular weight is 312 g/mol. The van der Waals surface area contributed by atoms with E-state index in [2.05, 4.69) is 59.4 Å². The number of hydrogen-bond donors (Lipinski definition) is 1. The van der Waals surface area contributed by atoms with Crippen LogP contribution in [0.2, 0.25) is 0 Å². The zero-order valence-electron chi connectivity index (χ0n) is 11.5. The first-order valence-electron chi connectivity index (χ1n) is 6.50. The molecule has 1 aromatic carbocycles. The zero-order valence-corrected chi connectivity index (χ0v) is 13.1. The summed E-state index contributed by atoms with van der Waals surface area (Å²) in [4.78, 5) is 11.7. The molecule has 0 saturated heterocycles. The highest BCUT2D eigenvalue weighted by atomic mass is 79.9. The van der Waals surface area contributed by atoms with Crippen molar-refractivity contribution in [2.24, 2.45) is 0 Å². The minimum absolute atomic E-state index is 0.0466. The van der Waals surface area contributed by atoms with Gasteiger partial charge in [0.25, 0.3) is 0 Å². The summed E-state index contributed by atoms with van der Waals surface area (Å²) in [7, 11) is 0. The molecular formula is C15H22BrNO. The van der Waals surface area contributed by atoms with Crippen molar-refractivity contribution in [3.63, 3.8) is 0 Å². The number of halogens is 1. The second-order valence-electron chi connectivity index (χ2n) is 4.93. The van der Waals surface area contributed by atoms with E-state index >= 15 is 0 Å². The Morgan fingerprint density at radius 1 is 1.17 bits per heavy atom. The lowest BCUT2D eigenvalue weighted by molar-refractivity contribution is -0.121. The molecule has 100 valence electrons. The van der Waals surface area contributed by atoms with Crippen LogP contribution in [0.1, 0.15) is 57.2 Å². The topological polar surface area (TPSA) is 29.1 Å². The molecule has 0 aliphatic rings. The molecule has 0 saturated carbocycles. The van der Waals surface area contributed by atoms with Crippen LogP contribution in [0.4, 0.5) is 0 Å². The molecule has 1 N–H and O–H groups in total. The third-order valence-electron chi connectivity index (χ3n) is 3.10. The highest BCUT2D eigenvalue weighted by Crippen LogP contribution is 2.19. The molecule has 18 heavy (non-hydrogen) atoms. The standard InChI is InChI=1S/C15H22BrNO/c1-5-14(16)15(18)17-11(4)13-8-6-12(7-9-13)10(2)3/h6-11,14H,5H2,1-4H3,(H,17,18). The number of carbonyl (C=O) groups excluding carboxylic acids is 1. The van der Waals surface area contributed by atoms with Crippen molar-refractivity contribution >= 4 is 21.8 Å². The molecule has 0 fully saturated rings. The first-order valence-corrected chi connectivity index (χ1v) is 7.41. The fourth-order valence-electron chi connectivity index (χ4n) is 1.74. The number of nitrogens with one attached hydrogen (secondary N) is 1. The van der Waals surface area contributed by atoms with Crippen LogP contribution in [0.15, 0.2) is 24.3 Å². The normalized spacial score (nSPS) is 14.3. The third kappa shape index (κ3) is 4.13. The Morgan fingerprint density at radius 2 is 1.67 bits per heavy atom. The molecule has 0 aromatic heterocycles. The summed E-state index contributed by atoms with van der Waals surface area (Å²) in [6.07, 6.45) is 0.796. The fourth-order valence-corrected chi connectivity index (χ4v) is 1.87. The summed E-state index contributed by atoms with van der Waals surface area (Å²) < 4.78 is 0. The second kappa shape index (κ2) is 6.93. The van der Waals surface area contributed by atoms with E-state index in [-0.39, 0.29) is 16.8 Å². The molecule has 3 heteroatoms. The lowest BCUT2D eigenvalue weighted by atomic mass is 9.99. The van der Waals surface area contributed by atoms with Crippen LogP contribution in [0.3, 0.4) is 0 Å². The average Bonchev–Trinajstić information content (AvgIpc) is 2.37. The van der Waals surface area contributed by atoms with E-state index < -0.39 is 0 Å². The molecular weight excluding hydrogens is 290 g/mol. The minimum atomic E-state index is -0.102. The Labute approximate surface area is 118 Å². The van der Waals surface area contributed by atoms with Gasteiger partial charge < -0.3 is 5.32 Å². The van der Waals surface area contributed by atoms with E-state index in [1.165, 1.54) is 5.56 Å². The predicted octanol–water partition coefficient (Wildman–Crippen LogP) is 4.16. The predicted molar refractivity (Wildman–Crippen MR) is 80.1 cm³/mol. The van der Waals surface area contributed by atoms with Crippen molar-refractivity contribution in [1.82, 2.24) is 5.32 Å². The molecule has 0 heterocycles. The summed E-state index contributed by atoms with van der Waals surface area (Å²) >= 11 is 3.36. The maximum Gasteiger partial charge on any atom is 0.234 e. The molecule has 2 unspecified atom stereocenters. The van der Waals surface area contributed by atoms with Gasteiger partial charge in [0.2, 0.25) is 5.91 Å². The Kier molecular flexibility index (Phi) is 5.86. The maximum absolute atomic E-state index is 11.8. The van der Waals surface area contributed by atoms with Gasteiger partial charge in [-0.15, -0.1) is 0 Å². The van der Waals surface area contributed by atoms with E-state index in [9.17, 15) is 4.79 Å².